The number of likely N-dealkylation sites (N-methyl/N-ethyl adjacent to an activating group) is 1. The number of oxime groups is 1. The van der Waals surface area contributed by atoms with Crippen LogP contribution in [-0.4, -0.2) is 34.9 Å². The minimum atomic E-state index is -0.526. The van der Waals surface area contributed by atoms with Crippen LogP contribution in [0.25, 0.3) is 11.0 Å². The highest BCUT2D eigenvalue weighted by atomic mass is 16.4. The van der Waals surface area contributed by atoms with Gasteiger partial charge in [-0.05, 0) is 32.0 Å². The standard InChI is InChI=1S/C14H17N3O3/c1-8-4-5-11-10(6-8)7-12(20-11)14(18)17(3)9(2)13(15)16-19/h4-7,9,19H,1-3H3,(H2,15,16). The normalized spacial score (nSPS) is 13.4. The van der Waals surface area contributed by atoms with Crippen molar-refractivity contribution in [1.29, 1.82) is 0 Å². The number of aryl methyl sites for hydroxylation is 1. The van der Waals surface area contributed by atoms with Crippen molar-refractivity contribution in [3.8, 4) is 0 Å². The van der Waals surface area contributed by atoms with Gasteiger partial charge < -0.3 is 20.3 Å². The van der Waals surface area contributed by atoms with E-state index in [0.29, 0.717) is 5.58 Å². The summed E-state index contributed by atoms with van der Waals surface area (Å²) in [5.74, 6) is -0.128. The molecule has 6 nitrogen and oxygen atoms in total. The first-order valence-electron chi connectivity index (χ1n) is 6.19. The monoisotopic (exact) mass is 275 g/mol. The van der Waals surface area contributed by atoms with Crippen molar-refractivity contribution in [3.05, 3.63) is 35.6 Å². The van der Waals surface area contributed by atoms with Crippen LogP contribution in [-0.2, 0) is 0 Å². The molecule has 0 aliphatic heterocycles. The average Bonchev–Trinajstić information content (AvgIpc) is 2.86. The molecule has 20 heavy (non-hydrogen) atoms. The van der Waals surface area contributed by atoms with E-state index in [9.17, 15) is 4.79 Å². The molecule has 0 aliphatic rings. The highest BCUT2D eigenvalue weighted by Crippen LogP contribution is 2.21. The third-order valence-corrected chi connectivity index (χ3v) is 3.33. The Hall–Kier alpha value is -2.50. The van der Waals surface area contributed by atoms with Gasteiger partial charge in [0.05, 0.1) is 6.04 Å². The van der Waals surface area contributed by atoms with Gasteiger partial charge in [0.1, 0.15) is 5.58 Å². The zero-order chi connectivity index (χ0) is 14.9. The van der Waals surface area contributed by atoms with Gasteiger partial charge in [-0.15, -0.1) is 0 Å². The number of fused-ring (bicyclic) bond motifs is 1. The summed E-state index contributed by atoms with van der Waals surface area (Å²) < 4.78 is 5.54. The summed E-state index contributed by atoms with van der Waals surface area (Å²) in [6.45, 7) is 3.64. The second-order valence-corrected chi connectivity index (χ2v) is 4.77. The smallest absolute Gasteiger partial charge is 0.289 e. The number of amides is 1. The van der Waals surface area contributed by atoms with E-state index in [1.165, 1.54) is 4.90 Å². The number of carbonyl (C=O) groups is 1. The lowest BCUT2D eigenvalue weighted by Crippen LogP contribution is -2.43. The summed E-state index contributed by atoms with van der Waals surface area (Å²) in [7, 11) is 1.57. The van der Waals surface area contributed by atoms with Crippen molar-refractivity contribution < 1.29 is 14.4 Å². The largest absolute Gasteiger partial charge is 0.451 e. The Morgan fingerprint density at radius 2 is 2.15 bits per heavy atom. The Kier molecular flexibility index (Phi) is 3.65. The highest BCUT2D eigenvalue weighted by Gasteiger charge is 2.23. The molecule has 0 saturated carbocycles. The second kappa shape index (κ2) is 5.24. The molecule has 0 spiro atoms. The summed E-state index contributed by atoms with van der Waals surface area (Å²) in [5.41, 5.74) is 7.25. The molecule has 0 bridgehead atoms. The molecule has 0 aliphatic carbocycles. The number of nitrogens with zero attached hydrogens (tertiary/aromatic N) is 2. The maximum atomic E-state index is 12.3. The predicted molar refractivity (Wildman–Crippen MR) is 75.9 cm³/mol. The number of rotatable bonds is 3. The number of furan rings is 1. The van der Waals surface area contributed by atoms with Gasteiger partial charge in [0.2, 0.25) is 0 Å². The first kappa shape index (κ1) is 13.9. The van der Waals surface area contributed by atoms with Crippen LogP contribution in [0.15, 0.2) is 33.8 Å². The molecular weight excluding hydrogens is 258 g/mol. The van der Waals surface area contributed by atoms with Crippen molar-refractivity contribution in [3.63, 3.8) is 0 Å². The van der Waals surface area contributed by atoms with Gasteiger partial charge in [0, 0.05) is 12.4 Å². The van der Waals surface area contributed by atoms with E-state index in [4.69, 9.17) is 15.4 Å². The molecule has 1 atom stereocenters. The van der Waals surface area contributed by atoms with E-state index in [1.54, 1.807) is 20.0 Å². The van der Waals surface area contributed by atoms with E-state index in [1.807, 2.05) is 25.1 Å². The molecule has 2 aromatic rings. The summed E-state index contributed by atoms with van der Waals surface area (Å²) >= 11 is 0. The first-order valence-corrected chi connectivity index (χ1v) is 6.19. The Bertz CT molecular complexity index is 675. The third kappa shape index (κ3) is 2.45. The lowest BCUT2D eigenvalue weighted by atomic mass is 10.2. The predicted octanol–water partition coefficient (Wildman–Crippen LogP) is 1.95. The number of hydrogen-bond donors (Lipinski definition) is 2. The lowest BCUT2D eigenvalue weighted by molar-refractivity contribution is 0.0747. The molecular formula is C14H17N3O3. The van der Waals surface area contributed by atoms with E-state index in [2.05, 4.69) is 5.16 Å². The molecule has 1 amide bonds. The van der Waals surface area contributed by atoms with E-state index >= 15 is 0 Å². The van der Waals surface area contributed by atoms with Crippen molar-refractivity contribution in [2.24, 2.45) is 10.9 Å². The Morgan fingerprint density at radius 3 is 2.80 bits per heavy atom. The van der Waals surface area contributed by atoms with Crippen LogP contribution in [0.1, 0.15) is 23.0 Å². The van der Waals surface area contributed by atoms with Crippen LogP contribution < -0.4 is 5.73 Å². The van der Waals surface area contributed by atoms with Gasteiger partial charge in [-0.2, -0.15) is 0 Å². The third-order valence-electron chi connectivity index (χ3n) is 3.33. The summed E-state index contributed by atoms with van der Waals surface area (Å²) in [6, 6.07) is 6.86. The number of benzene rings is 1. The van der Waals surface area contributed by atoms with Gasteiger partial charge in [-0.3, -0.25) is 4.79 Å². The second-order valence-electron chi connectivity index (χ2n) is 4.77. The maximum absolute atomic E-state index is 12.3. The summed E-state index contributed by atoms with van der Waals surface area (Å²) in [6.07, 6.45) is 0. The molecule has 6 heteroatoms. The molecule has 3 N–H and O–H groups in total. The van der Waals surface area contributed by atoms with Crippen molar-refractivity contribution in [2.75, 3.05) is 7.05 Å². The zero-order valence-corrected chi connectivity index (χ0v) is 11.6. The number of amidine groups is 1. The van der Waals surface area contributed by atoms with Crippen LogP contribution in [0.4, 0.5) is 0 Å². The van der Waals surface area contributed by atoms with Gasteiger partial charge in [0.25, 0.3) is 5.91 Å². The Morgan fingerprint density at radius 1 is 1.45 bits per heavy atom. The van der Waals surface area contributed by atoms with E-state index in [0.717, 1.165) is 10.9 Å². The molecule has 1 aromatic carbocycles. The molecule has 1 unspecified atom stereocenters. The fourth-order valence-corrected chi connectivity index (χ4v) is 1.90. The Labute approximate surface area is 116 Å². The molecule has 1 heterocycles. The number of nitrogens with two attached hydrogens (primary N) is 1. The van der Waals surface area contributed by atoms with Crippen molar-refractivity contribution in [1.82, 2.24) is 4.90 Å². The van der Waals surface area contributed by atoms with Crippen LogP contribution in [0, 0.1) is 6.92 Å². The Balaban J connectivity index is 2.31. The molecule has 2 rings (SSSR count). The maximum Gasteiger partial charge on any atom is 0.289 e. The molecule has 0 fully saturated rings. The number of hydrogen-bond acceptors (Lipinski definition) is 4. The minimum absolute atomic E-state index is 0.0344. The fraction of sp³-hybridized carbons (Fsp3) is 0.286. The average molecular weight is 275 g/mol. The van der Waals surface area contributed by atoms with Crippen LogP contribution in [0.5, 0.6) is 0 Å². The molecule has 0 radical (unpaired) electrons. The zero-order valence-electron chi connectivity index (χ0n) is 11.6. The minimum Gasteiger partial charge on any atom is -0.451 e. The van der Waals surface area contributed by atoms with Crippen LogP contribution in [0.3, 0.4) is 0 Å². The van der Waals surface area contributed by atoms with Gasteiger partial charge in [0.15, 0.2) is 11.6 Å². The quantitative estimate of drug-likeness (QED) is 0.387. The SMILES string of the molecule is Cc1ccc2oc(C(=O)N(C)C(C)C(N)=NO)cc2c1. The van der Waals surface area contributed by atoms with Crippen molar-refractivity contribution >= 4 is 22.7 Å². The van der Waals surface area contributed by atoms with E-state index in [-0.39, 0.29) is 17.5 Å². The van der Waals surface area contributed by atoms with Crippen LogP contribution in [0.2, 0.25) is 0 Å². The summed E-state index contributed by atoms with van der Waals surface area (Å²) in [4.78, 5) is 13.7. The van der Waals surface area contributed by atoms with Gasteiger partial charge >= 0.3 is 0 Å². The van der Waals surface area contributed by atoms with Crippen molar-refractivity contribution in [2.45, 2.75) is 19.9 Å². The topological polar surface area (TPSA) is 92.1 Å². The van der Waals surface area contributed by atoms with Gasteiger partial charge in [-0.1, -0.05) is 16.8 Å². The highest BCUT2D eigenvalue weighted by molar-refractivity contribution is 5.99. The summed E-state index contributed by atoms with van der Waals surface area (Å²) in [5, 5.41) is 12.4. The van der Waals surface area contributed by atoms with Gasteiger partial charge in [-0.25, -0.2) is 0 Å². The van der Waals surface area contributed by atoms with E-state index < -0.39 is 6.04 Å². The first-order chi connectivity index (χ1) is 9.43. The molecule has 0 saturated heterocycles. The fourth-order valence-electron chi connectivity index (χ4n) is 1.90. The lowest BCUT2D eigenvalue weighted by Gasteiger charge is -2.22. The van der Waals surface area contributed by atoms with Crippen LogP contribution >= 0.6 is 0 Å². The number of carbonyl (C=O) groups excluding carboxylic acids is 1. The molecule has 1 aromatic heterocycles. The molecule has 106 valence electrons.